The quantitative estimate of drug-likeness (QED) is 0.649. The summed E-state index contributed by atoms with van der Waals surface area (Å²) < 4.78 is 0. The number of aromatic nitrogens is 2. The minimum absolute atomic E-state index is 0.756. The molecule has 0 atom stereocenters. The van der Waals surface area contributed by atoms with E-state index in [9.17, 15) is 0 Å². The Morgan fingerprint density at radius 3 is 2.82 bits per heavy atom. The molecular weight excluding hydrogens is 140 g/mol. The van der Waals surface area contributed by atoms with Gasteiger partial charge in [-0.25, -0.2) is 0 Å². The molecule has 0 radical (unpaired) electrons. The van der Waals surface area contributed by atoms with E-state index in [1.165, 1.54) is 0 Å². The Kier molecular flexibility index (Phi) is 2.48. The fraction of sp³-hybridized carbons (Fsp3) is 0.571. The zero-order chi connectivity index (χ0) is 8.27. The largest absolute Gasteiger partial charge is 0.396 e. The maximum Gasteiger partial charge on any atom is 0.0730 e. The lowest BCUT2D eigenvalue weighted by Crippen LogP contribution is -2.15. The molecule has 4 heteroatoms. The summed E-state index contributed by atoms with van der Waals surface area (Å²) in [5.74, 6) is 0. The van der Waals surface area contributed by atoms with Crippen molar-refractivity contribution in [2.24, 2.45) is 0 Å². The van der Waals surface area contributed by atoms with E-state index in [1.807, 2.05) is 14.1 Å². The van der Waals surface area contributed by atoms with E-state index in [2.05, 4.69) is 15.1 Å². The SMILES string of the molecule is CN(C)CCc1[nH]ncc1N. The third kappa shape index (κ3) is 2.23. The lowest BCUT2D eigenvalue weighted by molar-refractivity contribution is 0.412. The van der Waals surface area contributed by atoms with Gasteiger partial charge in [0.15, 0.2) is 0 Å². The Hall–Kier alpha value is -1.03. The zero-order valence-corrected chi connectivity index (χ0v) is 6.96. The van der Waals surface area contributed by atoms with Crippen molar-refractivity contribution < 1.29 is 0 Å². The van der Waals surface area contributed by atoms with Gasteiger partial charge in [-0.05, 0) is 14.1 Å². The van der Waals surface area contributed by atoms with E-state index in [0.717, 1.165) is 24.3 Å². The Morgan fingerprint density at radius 1 is 1.64 bits per heavy atom. The van der Waals surface area contributed by atoms with E-state index >= 15 is 0 Å². The Morgan fingerprint density at radius 2 is 2.36 bits per heavy atom. The fourth-order valence-corrected chi connectivity index (χ4v) is 0.858. The molecule has 4 nitrogen and oxygen atoms in total. The molecule has 1 rings (SSSR count). The number of likely N-dealkylation sites (N-methyl/N-ethyl adjacent to an activating group) is 1. The summed E-state index contributed by atoms with van der Waals surface area (Å²) in [6, 6.07) is 0. The highest BCUT2D eigenvalue weighted by atomic mass is 15.1. The minimum atomic E-state index is 0.756. The van der Waals surface area contributed by atoms with Gasteiger partial charge in [-0.2, -0.15) is 5.10 Å². The summed E-state index contributed by atoms with van der Waals surface area (Å²) in [5.41, 5.74) is 7.40. The highest BCUT2D eigenvalue weighted by Crippen LogP contribution is 2.06. The van der Waals surface area contributed by atoms with Crippen LogP contribution in [0, 0.1) is 0 Å². The smallest absolute Gasteiger partial charge is 0.0730 e. The highest BCUT2D eigenvalue weighted by Gasteiger charge is 2.00. The van der Waals surface area contributed by atoms with E-state index in [4.69, 9.17) is 5.73 Å². The van der Waals surface area contributed by atoms with Crippen molar-refractivity contribution in [1.82, 2.24) is 15.1 Å². The third-order valence-corrected chi connectivity index (χ3v) is 1.56. The van der Waals surface area contributed by atoms with Crippen molar-refractivity contribution in [3.63, 3.8) is 0 Å². The van der Waals surface area contributed by atoms with Gasteiger partial charge >= 0.3 is 0 Å². The zero-order valence-electron chi connectivity index (χ0n) is 6.96. The van der Waals surface area contributed by atoms with Crippen molar-refractivity contribution >= 4 is 5.69 Å². The molecule has 0 saturated carbocycles. The van der Waals surface area contributed by atoms with Crippen LogP contribution in [-0.2, 0) is 6.42 Å². The predicted molar refractivity (Wildman–Crippen MR) is 45.3 cm³/mol. The number of H-pyrrole nitrogens is 1. The second kappa shape index (κ2) is 3.39. The Labute approximate surface area is 66.4 Å². The number of nitrogens with zero attached hydrogens (tertiary/aromatic N) is 2. The number of nitrogen functional groups attached to an aromatic ring is 1. The molecule has 0 saturated heterocycles. The first-order valence-electron chi connectivity index (χ1n) is 3.62. The van der Waals surface area contributed by atoms with Crippen molar-refractivity contribution in [2.45, 2.75) is 6.42 Å². The molecule has 1 heterocycles. The van der Waals surface area contributed by atoms with Crippen LogP contribution in [0.25, 0.3) is 0 Å². The minimum Gasteiger partial charge on any atom is -0.396 e. The van der Waals surface area contributed by atoms with Crippen molar-refractivity contribution in [3.05, 3.63) is 11.9 Å². The number of nitrogens with two attached hydrogens (primary N) is 1. The van der Waals surface area contributed by atoms with Crippen molar-refractivity contribution in [1.29, 1.82) is 0 Å². The molecule has 0 unspecified atom stereocenters. The molecule has 0 aliphatic heterocycles. The maximum atomic E-state index is 5.61. The summed E-state index contributed by atoms with van der Waals surface area (Å²) >= 11 is 0. The van der Waals surface area contributed by atoms with Gasteiger partial charge in [0.25, 0.3) is 0 Å². The van der Waals surface area contributed by atoms with Gasteiger partial charge in [-0.3, -0.25) is 5.10 Å². The van der Waals surface area contributed by atoms with E-state index < -0.39 is 0 Å². The maximum absolute atomic E-state index is 5.61. The Balaban J connectivity index is 2.44. The van der Waals surface area contributed by atoms with Crippen LogP contribution in [0.2, 0.25) is 0 Å². The van der Waals surface area contributed by atoms with E-state index in [0.29, 0.717) is 0 Å². The molecule has 0 aliphatic rings. The second-order valence-corrected chi connectivity index (χ2v) is 2.86. The molecule has 0 aromatic carbocycles. The lowest BCUT2D eigenvalue weighted by Gasteiger charge is -2.07. The van der Waals surface area contributed by atoms with Gasteiger partial charge in [0, 0.05) is 13.0 Å². The monoisotopic (exact) mass is 154 g/mol. The molecule has 0 aliphatic carbocycles. The van der Waals surface area contributed by atoms with Gasteiger partial charge in [0.05, 0.1) is 17.6 Å². The highest BCUT2D eigenvalue weighted by molar-refractivity contribution is 5.39. The number of anilines is 1. The van der Waals surface area contributed by atoms with Crippen LogP contribution in [0.1, 0.15) is 5.69 Å². The summed E-state index contributed by atoms with van der Waals surface area (Å²) in [7, 11) is 4.07. The predicted octanol–water partition coefficient (Wildman–Crippen LogP) is 0.0960. The fourth-order valence-electron chi connectivity index (χ4n) is 0.858. The lowest BCUT2D eigenvalue weighted by atomic mass is 10.3. The first-order chi connectivity index (χ1) is 5.20. The summed E-state index contributed by atoms with van der Waals surface area (Å²) in [6.45, 7) is 0.992. The number of aromatic amines is 1. The number of hydrogen-bond donors (Lipinski definition) is 2. The van der Waals surface area contributed by atoms with Crippen molar-refractivity contribution in [3.8, 4) is 0 Å². The molecule has 3 N–H and O–H groups in total. The molecule has 62 valence electrons. The van der Waals surface area contributed by atoms with E-state index in [1.54, 1.807) is 6.20 Å². The molecule has 1 aromatic heterocycles. The number of hydrogen-bond acceptors (Lipinski definition) is 3. The summed E-state index contributed by atoms with van der Waals surface area (Å²) in [5, 5.41) is 6.69. The molecule has 0 amide bonds. The molecule has 11 heavy (non-hydrogen) atoms. The van der Waals surface area contributed by atoms with Crippen LogP contribution in [0.4, 0.5) is 5.69 Å². The topological polar surface area (TPSA) is 57.9 Å². The van der Waals surface area contributed by atoms with Gasteiger partial charge < -0.3 is 10.6 Å². The first kappa shape index (κ1) is 8.07. The van der Waals surface area contributed by atoms with Crippen LogP contribution >= 0.6 is 0 Å². The van der Waals surface area contributed by atoms with Crippen LogP contribution in [-0.4, -0.2) is 35.7 Å². The number of nitrogens with one attached hydrogen (secondary N) is 1. The second-order valence-electron chi connectivity index (χ2n) is 2.86. The third-order valence-electron chi connectivity index (χ3n) is 1.56. The summed E-state index contributed by atoms with van der Waals surface area (Å²) in [6.07, 6.45) is 2.57. The molecule has 0 bridgehead atoms. The average Bonchev–Trinajstić information content (AvgIpc) is 2.31. The van der Waals surface area contributed by atoms with Crippen LogP contribution < -0.4 is 5.73 Å². The molecular formula is C7H14N4. The van der Waals surface area contributed by atoms with Gasteiger partial charge in [0.1, 0.15) is 0 Å². The van der Waals surface area contributed by atoms with Crippen LogP contribution in [0.15, 0.2) is 6.20 Å². The van der Waals surface area contributed by atoms with Crippen molar-refractivity contribution in [2.75, 3.05) is 26.4 Å². The number of rotatable bonds is 3. The summed E-state index contributed by atoms with van der Waals surface area (Å²) in [4.78, 5) is 2.11. The van der Waals surface area contributed by atoms with Crippen LogP contribution in [0.3, 0.4) is 0 Å². The normalized spacial score (nSPS) is 10.8. The van der Waals surface area contributed by atoms with E-state index in [-0.39, 0.29) is 0 Å². The molecule has 1 aromatic rings. The van der Waals surface area contributed by atoms with Crippen LogP contribution in [0.5, 0.6) is 0 Å². The first-order valence-corrected chi connectivity index (χ1v) is 3.62. The van der Waals surface area contributed by atoms with Gasteiger partial charge in [0.2, 0.25) is 0 Å². The van der Waals surface area contributed by atoms with Gasteiger partial charge in [-0.15, -0.1) is 0 Å². The average molecular weight is 154 g/mol. The Bertz CT molecular complexity index is 216. The standard InChI is InChI=1S/C7H14N4/c1-11(2)4-3-7-6(8)5-9-10-7/h5H,3-4,8H2,1-2H3,(H,9,10). The molecule has 0 spiro atoms. The molecule has 0 fully saturated rings. The van der Waals surface area contributed by atoms with Gasteiger partial charge in [-0.1, -0.05) is 0 Å².